The second-order valence-corrected chi connectivity index (χ2v) is 6.70. The molecule has 1 spiro atoms. The van der Waals surface area contributed by atoms with Gasteiger partial charge >= 0.3 is 0 Å². The van der Waals surface area contributed by atoms with Crippen molar-refractivity contribution in [2.45, 2.75) is 71.6 Å². The summed E-state index contributed by atoms with van der Waals surface area (Å²) in [5, 5.41) is 3.84. The van der Waals surface area contributed by atoms with Crippen molar-refractivity contribution in [2.75, 3.05) is 6.61 Å². The zero-order chi connectivity index (χ0) is 11.8. The van der Waals surface area contributed by atoms with Gasteiger partial charge in [-0.1, -0.05) is 34.1 Å². The molecule has 1 atom stereocenters. The average molecular weight is 225 g/mol. The average Bonchev–Trinajstić information content (AvgIpc) is 2.23. The zero-order valence-electron chi connectivity index (χ0n) is 11.3. The molecule has 1 aliphatic heterocycles. The first-order chi connectivity index (χ1) is 7.45. The Labute approximate surface area is 100 Å². The molecule has 1 unspecified atom stereocenters. The molecule has 1 aliphatic carbocycles. The van der Waals surface area contributed by atoms with E-state index in [0.29, 0.717) is 12.0 Å². The lowest BCUT2D eigenvalue weighted by molar-refractivity contribution is -0.179. The van der Waals surface area contributed by atoms with E-state index >= 15 is 0 Å². The van der Waals surface area contributed by atoms with Gasteiger partial charge in [0.2, 0.25) is 0 Å². The van der Waals surface area contributed by atoms with Gasteiger partial charge in [0.15, 0.2) is 0 Å². The van der Waals surface area contributed by atoms with Gasteiger partial charge in [0, 0.05) is 11.5 Å². The maximum Gasteiger partial charge on any atom is 0.119 e. The van der Waals surface area contributed by atoms with Crippen LogP contribution in [0.4, 0.5) is 0 Å². The molecule has 0 amide bonds. The van der Waals surface area contributed by atoms with E-state index in [9.17, 15) is 0 Å². The summed E-state index contributed by atoms with van der Waals surface area (Å²) < 4.78 is 6.19. The third kappa shape index (κ3) is 2.28. The van der Waals surface area contributed by atoms with Gasteiger partial charge in [-0.15, -0.1) is 0 Å². The molecule has 2 rings (SSSR count). The molecule has 1 saturated heterocycles. The molecule has 1 N–H and O–H groups in total. The molecular formula is C14H27NO. The molecule has 16 heavy (non-hydrogen) atoms. The van der Waals surface area contributed by atoms with Crippen LogP contribution in [0.25, 0.3) is 0 Å². The Morgan fingerprint density at radius 1 is 1.12 bits per heavy atom. The van der Waals surface area contributed by atoms with Gasteiger partial charge in [-0.05, 0) is 31.6 Å². The van der Waals surface area contributed by atoms with Gasteiger partial charge in [0.05, 0.1) is 6.61 Å². The fourth-order valence-electron chi connectivity index (χ4n) is 3.41. The topological polar surface area (TPSA) is 21.3 Å². The van der Waals surface area contributed by atoms with Gasteiger partial charge in [-0.2, -0.15) is 0 Å². The molecule has 0 aromatic heterocycles. The van der Waals surface area contributed by atoms with Gasteiger partial charge in [0.25, 0.3) is 0 Å². The van der Waals surface area contributed by atoms with Crippen molar-refractivity contribution in [3.63, 3.8) is 0 Å². The summed E-state index contributed by atoms with van der Waals surface area (Å²) >= 11 is 0. The summed E-state index contributed by atoms with van der Waals surface area (Å²) in [6.07, 6.45) is 6.41. The van der Waals surface area contributed by atoms with Crippen molar-refractivity contribution in [3.8, 4) is 0 Å². The minimum absolute atomic E-state index is 0.0166. The Hall–Kier alpha value is -0.0800. The lowest BCUT2D eigenvalue weighted by Crippen LogP contribution is -2.65. The normalized spacial score (nSPS) is 33.2. The summed E-state index contributed by atoms with van der Waals surface area (Å²) in [5.74, 6) is 0.678. The lowest BCUT2D eigenvalue weighted by Gasteiger charge is -2.52. The molecule has 94 valence electrons. The van der Waals surface area contributed by atoms with E-state index in [1.54, 1.807) is 0 Å². The molecule has 0 aromatic rings. The standard InChI is InChI=1S/C14H27NO/c1-11(2)12-13(3,4)10-16-14(15-12)8-6-5-7-9-14/h11-12,15H,5-10H2,1-4H3. The van der Waals surface area contributed by atoms with Crippen LogP contribution in [0.15, 0.2) is 0 Å². The van der Waals surface area contributed by atoms with Crippen LogP contribution < -0.4 is 5.32 Å². The Bertz CT molecular complexity index is 241. The van der Waals surface area contributed by atoms with Crippen molar-refractivity contribution in [3.05, 3.63) is 0 Å². The number of ether oxygens (including phenoxy) is 1. The molecule has 0 aromatic carbocycles. The summed E-state index contributed by atoms with van der Waals surface area (Å²) in [6.45, 7) is 10.2. The quantitative estimate of drug-likeness (QED) is 0.739. The molecular weight excluding hydrogens is 198 g/mol. The van der Waals surface area contributed by atoms with Crippen LogP contribution >= 0.6 is 0 Å². The fourth-order valence-corrected chi connectivity index (χ4v) is 3.41. The smallest absolute Gasteiger partial charge is 0.119 e. The van der Waals surface area contributed by atoms with Crippen molar-refractivity contribution < 1.29 is 4.74 Å². The second kappa shape index (κ2) is 4.30. The highest BCUT2D eigenvalue weighted by Gasteiger charge is 2.46. The van der Waals surface area contributed by atoms with E-state index in [4.69, 9.17) is 4.74 Å². The van der Waals surface area contributed by atoms with Crippen LogP contribution in [0.3, 0.4) is 0 Å². The molecule has 2 fully saturated rings. The molecule has 2 heteroatoms. The first-order valence-electron chi connectivity index (χ1n) is 6.87. The van der Waals surface area contributed by atoms with Crippen molar-refractivity contribution in [1.82, 2.24) is 5.32 Å². The van der Waals surface area contributed by atoms with Crippen LogP contribution in [0.1, 0.15) is 59.8 Å². The molecule has 1 heterocycles. The maximum absolute atomic E-state index is 6.19. The van der Waals surface area contributed by atoms with Gasteiger partial charge in [-0.3, -0.25) is 5.32 Å². The highest BCUT2D eigenvalue weighted by atomic mass is 16.5. The van der Waals surface area contributed by atoms with Gasteiger partial charge < -0.3 is 4.74 Å². The summed E-state index contributed by atoms with van der Waals surface area (Å²) in [4.78, 5) is 0. The molecule has 0 radical (unpaired) electrons. The largest absolute Gasteiger partial charge is 0.360 e. The van der Waals surface area contributed by atoms with E-state index in [0.717, 1.165) is 6.61 Å². The van der Waals surface area contributed by atoms with Crippen LogP contribution in [-0.4, -0.2) is 18.4 Å². The van der Waals surface area contributed by atoms with Crippen molar-refractivity contribution >= 4 is 0 Å². The van der Waals surface area contributed by atoms with Crippen molar-refractivity contribution in [2.24, 2.45) is 11.3 Å². The highest BCUT2D eigenvalue weighted by Crippen LogP contribution is 2.39. The minimum Gasteiger partial charge on any atom is -0.360 e. The number of hydrogen-bond acceptors (Lipinski definition) is 2. The Morgan fingerprint density at radius 2 is 1.75 bits per heavy atom. The predicted molar refractivity (Wildman–Crippen MR) is 67.3 cm³/mol. The number of hydrogen-bond donors (Lipinski definition) is 1. The molecule has 2 nitrogen and oxygen atoms in total. The van der Waals surface area contributed by atoms with E-state index in [-0.39, 0.29) is 11.1 Å². The first kappa shape index (κ1) is 12.4. The lowest BCUT2D eigenvalue weighted by atomic mass is 9.75. The Kier molecular flexibility index (Phi) is 3.33. The summed E-state index contributed by atoms with van der Waals surface area (Å²) in [7, 11) is 0. The van der Waals surface area contributed by atoms with Crippen LogP contribution in [0.5, 0.6) is 0 Å². The monoisotopic (exact) mass is 225 g/mol. The van der Waals surface area contributed by atoms with Crippen molar-refractivity contribution in [1.29, 1.82) is 0 Å². The number of rotatable bonds is 1. The number of nitrogens with one attached hydrogen (secondary N) is 1. The fraction of sp³-hybridized carbons (Fsp3) is 1.00. The second-order valence-electron chi connectivity index (χ2n) is 6.70. The third-order valence-electron chi connectivity index (χ3n) is 4.31. The Balaban J connectivity index is 2.10. The minimum atomic E-state index is 0.0166. The molecule has 0 bridgehead atoms. The molecule has 1 saturated carbocycles. The highest BCUT2D eigenvalue weighted by molar-refractivity contribution is 4.97. The maximum atomic E-state index is 6.19. The van der Waals surface area contributed by atoms with Crippen LogP contribution in [0, 0.1) is 11.3 Å². The zero-order valence-corrected chi connectivity index (χ0v) is 11.3. The summed E-state index contributed by atoms with van der Waals surface area (Å²) in [6, 6.07) is 0.583. The predicted octanol–water partition coefficient (Wildman–Crippen LogP) is 3.32. The summed E-state index contributed by atoms with van der Waals surface area (Å²) in [5.41, 5.74) is 0.277. The third-order valence-corrected chi connectivity index (χ3v) is 4.31. The SMILES string of the molecule is CC(C)C1NC2(CCCCC2)OCC1(C)C. The van der Waals surface area contributed by atoms with Crippen LogP contribution in [0.2, 0.25) is 0 Å². The van der Waals surface area contributed by atoms with Gasteiger partial charge in [-0.25, -0.2) is 0 Å². The first-order valence-corrected chi connectivity index (χ1v) is 6.87. The Morgan fingerprint density at radius 3 is 2.31 bits per heavy atom. The van der Waals surface area contributed by atoms with Crippen LogP contribution in [-0.2, 0) is 4.74 Å². The molecule has 2 aliphatic rings. The van der Waals surface area contributed by atoms with E-state index in [2.05, 4.69) is 33.0 Å². The van der Waals surface area contributed by atoms with E-state index in [1.807, 2.05) is 0 Å². The van der Waals surface area contributed by atoms with E-state index < -0.39 is 0 Å². The van der Waals surface area contributed by atoms with E-state index in [1.165, 1.54) is 32.1 Å². The van der Waals surface area contributed by atoms with Gasteiger partial charge in [0.1, 0.15) is 5.72 Å².